The molecular formula is C21H26N6O. The van der Waals surface area contributed by atoms with Gasteiger partial charge in [-0.3, -0.25) is 14.5 Å². The summed E-state index contributed by atoms with van der Waals surface area (Å²) in [6, 6.07) is 5.29. The SMILES string of the molecule is C=C(/C=N\C=C(C)C)c1cccc(C(=O)Nc2cn(C)nc2N2CCCC2)n1. The maximum Gasteiger partial charge on any atom is 0.274 e. The highest BCUT2D eigenvalue weighted by Crippen LogP contribution is 2.27. The molecule has 1 N–H and O–H groups in total. The second-order valence-corrected chi connectivity index (χ2v) is 7.11. The van der Waals surface area contributed by atoms with E-state index in [0.29, 0.717) is 22.6 Å². The number of nitrogens with zero attached hydrogens (tertiary/aromatic N) is 5. The van der Waals surface area contributed by atoms with E-state index in [1.807, 2.05) is 33.2 Å². The normalized spacial score (nSPS) is 13.8. The summed E-state index contributed by atoms with van der Waals surface area (Å²) >= 11 is 0. The number of carbonyl (C=O) groups is 1. The van der Waals surface area contributed by atoms with Gasteiger partial charge in [0.05, 0.1) is 11.9 Å². The van der Waals surface area contributed by atoms with E-state index in [1.165, 1.54) is 0 Å². The van der Waals surface area contributed by atoms with Gasteiger partial charge in [-0.25, -0.2) is 4.98 Å². The van der Waals surface area contributed by atoms with E-state index in [9.17, 15) is 4.79 Å². The molecule has 1 aliphatic rings. The first-order valence-corrected chi connectivity index (χ1v) is 9.37. The molecule has 1 amide bonds. The molecule has 146 valence electrons. The minimum absolute atomic E-state index is 0.274. The molecule has 1 saturated heterocycles. The van der Waals surface area contributed by atoms with E-state index in [0.717, 1.165) is 37.3 Å². The lowest BCUT2D eigenvalue weighted by Crippen LogP contribution is -2.21. The van der Waals surface area contributed by atoms with Crippen molar-refractivity contribution in [2.75, 3.05) is 23.3 Å². The van der Waals surface area contributed by atoms with Crippen LogP contribution in [0.4, 0.5) is 11.5 Å². The molecule has 2 aromatic heterocycles. The summed E-state index contributed by atoms with van der Waals surface area (Å²) in [4.78, 5) is 23.6. The monoisotopic (exact) mass is 378 g/mol. The van der Waals surface area contributed by atoms with E-state index in [4.69, 9.17) is 0 Å². The molecule has 0 aliphatic carbocycles. The van der Waals surface area contributed by atoms with Crippen LogP contribution in [-0.2, 0) is 7.05 Å². The fourth-order valence-corrected chi connectivity index (χ4v) is 3.00. The molecule has 7 nitrogen and oxygen atoms in total. The van der Waals surface area contributed by atoms with Gasteiger partial charge in [0.15, 0.2) is 5.82 Å². The maximum absolute atomic E-state index is 12.8. The lowest BCUT2D eigenvalue weighted by molar-refractivity contribution is 0.102. The number of allylic oxidation sites excluding steroid dienone is 2. The molecule has 3 rings (SSSR count). The fourth-order valence-electron chi connectivity index (χ4n) is 3.00. The molecule has 7 heteroatoms. The van der Waals surface area contributed by atoms with Crippen LogP contribution in [0.25, 0.3) is 5.57 Å². The highest BCUT2D eigenvalue weighted by molar-refractivity contribution is 6.09. The maximum atomic E-state index is 12.8. The Morgan fingerprint density at radius 3 is 2.68 bits per heavy atom. The van der Waals surface area contributed by atoms with E-state index in [1.54, 1.807) is 29.2 Å². The average Bonchev–Trinajstić information content (AvgIpc) is 3.31. The van der Waals surface area contributed by atoms with Gasteiger partial charge >= 0.3 is 0 Å². The van der Waals surface area contributed by atoms with Gasteiger partial charge in [-0.05, 0) is 38.8 Å². The highest BCUT2D eigenvalue weighted by atomic mass is 16.1. The van der Waals surface area contributed by atoms with E-state index in [-0.39, 0.29) is 5.91 Å². The highest BCUT2D eigenvalue weighted by Gasteiger charge is 2.21. The van der Waals surface area contributed by atoms with E-state index >= 15 is 0 Å². The Bertz CT molecular complexity index is 930. The first-order chi connectivity index (χ1) is 13.4. The summed E-state index contributed by atoms with van der Waals surface area (Å²) in [5.74, 6) is 0.534. The summed E-state index contributed by atoms with van der Waals surface area (Å²) in [5.41, 5.74) is 3.38. The van der Waals surface area contributed by atoms with Crippen LogP contribution in [0, 0.1) is 0 Å². The van der Waals surface area contributed by atoms with Gasteiger partial charge in [0.1, 0.15) is 11.4 Å². The molecule has 0 saturated carbocycles. The van der Waals surface area contributed by atoms with Gasteiger partial charge in [-0.15, -0.1) is 0 Å². The number of aryl methyl sites for hydroxylation is 1. The number of pyridine rings is 1. The van der Waals surface area contributed by atoms with E-state index in [2.05, 4.69) is 31.9 Å². The predicted octanol–water partition coefficient (Wildman–Crippen LogP) is 3.68. The Kier molecular flexibility index (Phi) is 6.03. The zero-order chi connectivity index (χ0) is 20.1. The van der Waals surface area contributed by atoms with Crippen molar-refractivity contribution in [1.29, 1.82) is 0 Å². The van der Waals surface area contributed by atoms with Gasteiger partial charge in [-0.1, -0.05) is 18.2 Å². The fraction of sp³-hybridized carbons (Fsp3) is 0.333. The average molecular weight is 378 g/mol. The number of nitrogens with one attached hydrogen (secondary N) is 1. The molecular weight excluding hydrogens is 352 g/mol. The van der Waals surface area contributed by atoms with Gasteiger partial charge in [-0.2, -0.15) is 5.10 Å². The molecule has 3 heterocycles. The van der Waals surface area contributed by atoms with Crippen molar-refractivity contribution >= 4 is 29.2 Å². The topological polar surface area (TPSA) is 75.4 Å². The molecule has 0 unspecified atom stereocenters. The summed E-state index contributed by atoms with van der Waals surface area (Å²) in [6.45, 7) is 9.84. The second-order valence-electron chi connectivity index (χ2n) is 7.11. The largest absolute Gasteiger partial charge is 0.353 e. The lowest BCUT2D eigenvalue weighted by Gasteiger charge is -2.16. The number of hydrogen-bond acceptors (Lipinski definition) is 5. The number of aliphatic imine (C=N–C) groups is 1. The zero-order valence-electron chi connectivity index (χ0n) is 16.6. The minimum atomic E-state index is -0.274. The molecule has 28 heavy (non-hydrogen) atoms. The van der Waals surface area contributed by atoms with Crippen LogP contribution < -0.4 is 10.2 Å². The lowest BCUT2D eigenvalue weighted by atomic mass is 10.2. The Morgan fingerprint density at radius 2 is 1.96 bits per heavy atom. The molecule has 1 aliphatic heterocycles. The van der Waals surface area contributed by atoms with Crippen LogP contribution in [-0.4, -0.2) is 40.0 Å². The molecule has 0 bridgehead atoms. The van der Waals surface area contributed by atoms with Crippen LogP contribution >= 0.6 is 0 Å². The second kappa shape index (κ2) is 8.65. The van der Waals surface area contributed by atoms with Crippen LogP contribution in [0.1, 0.15) is 42.9 Å². The number of carbonyl (C=O) groups excluding carboxylic acids is 1. The van der Waals surface area contributed by atoms with Gasteiger partial charge < -0.3 is 10.2 Å². The number of rotatable bonds is 6. The number of anilines is 2. The molecule has 2 aromatic rings. The van der Waals surface area contributed by atoms with Gasteiger partial charge in [0, 0.05) is 38.1 Å². The number of amides is 1. The Hall–Kier alpha value is -3.22. The predicted molar refractivity (Wildman–Crippen MR) is 114 cm³/mol. The smallest absolute Gasteiger partial charge is 0.274 e. The van der Waals surface area contributed by atoms with Crippen molar-refractivity contribution in [2.24, 2.45) is 12.0 Å². The van der Waals surface area contributed by atoms with Crippen molar-refractivity contribution in [1.82, 2.24) is 14.8 Å². The summed E-state index contributed by atoms with van der Waals surface area (Å²) in [6.07, 6.45) is 7.50. The summed E-state index contributed by atoms with van der Waals surface area (Å²) < 4.78 is 1.72. The molecule has 0 spiro atoms. The third kappa shape index (κ3) is 4.73. The first-order valence-electron chi connectivity index (χ1n) is 9.37. The van der Waals surface area contributed by atoms with E-state index < -0.39 is 0 Å². The molecule has 0 radical (unpaired) electrons. The van der Waals surface area contributed by atoms with Crippen molar-refractivity contribution in [3.63, 3.8) is 0 Å². The van der Waals surface area contributed by atoms with Crippen molar-refractivity contribution in [2.45, 2.75) is 26.7 Å². The first kappa shape index (κ1) is 19.5. The van der Waals surface area contributed by atoms with Crippen molar-refractivity contribution in [3.05, 3.63) is 54.1 Å². The molecule has 0 aromatic carbocycles. The van der Waals surface area contributed by atoms with Crippen molar-refractivity contribution < 1.29 is 4.79 Å². The van der Waals surface area contributed by atoms with Crippen LogP contribution in [0.5, 0.6) is 0 Å². The number of hydrogen-bond donors (Lipinski definition) is 1. The molecule has 0 atom stereocenters. The zero-order valence-corrected chi connectivity index (χ0v) is 16.6. The minimum Gasteiger partial charge on any atom is -0.353 e. The Labute approximate surface area is 165 Å². The summed E-state index contributed by atoms with van der Waals surface area (Å²) in [5, 5.41) is 7.45. The van der Waals surface area contributed by atoms with Crippen LogP contribution in [0.3, 0.4) is 0 Å². The summed E-state index contributed by atoms with van der Waals surface area (Å²) in [7, 11) is 1.85. The molecule has 1 fully saturated rings. The van der Waals surface area contributed by atoms with Gasteiger partial charge in [0.25, 0.3) is 5.91 Å². The third-order valence-corrected chi connectivity index (χ3v) is 4.34. The quantitative estimate of drug-likeness (QED) is 0.778. The van der Waals surface area contributed by atoms with Gasteiger partial charge in [0.2, 0.25) is 0 Å². The Balaban J connectivity index is 1.76. The van der Waals surface area contributed by atoms with Crippen molar-refractivity contribution in [3.8, 4) is 0 Å². The Morgan fingerprint density at radius 1 is 1.25 bits per heavy atom. The standard InChI is InChI=1S/C21H26N6O/c1-15(2)12-22-13-16(3)17-8-7-9-18(23-17)21(28)24-19-14-26(4)25-20(19)27-10-5-6-11-27/h7-9,12-14H,3,5-6,10-11H2,1-2,4H3,(H,24,28)/b22-13-. The number of aromatic nitrogens is 3. The van der Waals surface area contributed by atoms with Crippen LogP contribution in [0.15, 0.2) is 47.7 Å². The van der Waals surface area contributed by atoms with Crippen LogP contribution in [0.2, 0.25) is 0 Å². The third-order valence-electron chi connectivity index (χ3n) is 4.34.